The molecule has 1 aromatic carbocycles. The van der Waals surface area contributed by atoms with E-state index in [4.69, 9.17) is 4.98 Å². The van der Waals surface area contributed by atoms with Crippen molar-refractivity contribution in [3.8, 4) is 0 Å². The van der Waals surface area contributed by atoms with Crippen LogP contribution in [0.4, 0.5) is 0 Å². The van der Waals surface area contributed by atoms with Crippen LogP contribution in [0.2, 0.25) is 0 Å². The average molecular weight is 435 g/mol. The van der Waals surface area contributed by atoms with Gasteiger partial charge in [0.05, 0.1) is 16.9 Å². The molecular weight excluding hydrogens is 404 g/mol. The van der Waals surface area contributed by atoms with Crippen molar-refractivity contribution in [2.24, 2.45) is 0 Å². The summed E-state index contributed by atoms with van der Waals surface area (Å²) in [4.78, 5) is 23.3. The van der Waals surface area contributed by atoms with E-state index in [1.54, 1.807) is 0 Å². The highest BCUT2D eigenvalue weighted by atomic mass is 79.9. The summed E-state index contributed by atoms with van der Waals surface area (Å²) in [5.74, 6) is 0.937. The zero-order valence-electron chi connectivity index (χ0n) is 17.0. The van der Waals surface area contributed by atoms with Crippen molar-refractivity contribution in [1.82, 2.24) is 19.4 Å². The Labute approximate surface area is 170 Å². The number of likely N-dealkylation sites (N-methyl/N-ethyl adjacent to an activating group) is 1. The molecular formula is C21H31BrN4O. The number of fused-ring (bicyclic) bond motifs is 1. The topological polar surface area (TPSA) is 41.4 Å². The Balaban J connectivity index is 2.15. The fourth-order valence-electron chi connectivity index (χ4n) is 4.16. The molecule has 0 bridgehead atoms. The summed E-state index contributed by atoms with van der Waals surface area (Å²) in [6.07, 6.45) is 3.26. The molecule has 1 fully saturated rings. The van der Waals surface area contributed by atoms with E-state index in [0.29, 0.717) is 11.9 Å². The molecule has 27 heavy (non-hydrogen) atoms. The van der Waals surface area contributed by atoms with Crippen molar-refractivity contribution >= 4 is 26.8 Å². The van der Waals surface area contributed by atoms with Gasteiger partial charge in [-0.15, -0.1) is 0 Å². The van der Waals surface area contributed by atoms with Gasteiger partial charge in [0.15, 0.2) is 0 Å². The molecule has 1 unspecified atom stereocenters. The minimum atomic E-state index is 0.0787. The van der Waals surface area contributed by atoms with Crippen molar-refractivity contribution in [3.05, 3.63) is 38.3 Å². The Morgan fingerprint density at radius 2 is 1.96 bits per heavy atom. The van der Waals surface area contributed by atoms with Gasteiger partial charge in [-0.25, -0.2) is 4.98 Å². The first-order valence-corrected chi connectivity index (χ1v) is 10.9. The number of hydrogen-bond donors (Lipinski definition) is 0. The molecule has 1 aliphatic heterocycles. The molecule has 1 saturated heterocycles. The van der Waals surface area contributed by atoms with Crippen LogP contribution < -0.4 is 5.56 Å². The normalized spacial score (nSPS) is 18.0. The van der Waals surface area contributed by atoms with E-state index in [1.165, 1.54) is 0 Å². The third-order valence-corrected chi connectivity index (χ3v) is 6.07. The first-order valence-electron chi connectivity index (χ1n) is 10.1. The highest BCUT2D eigenvalue weighted by Crippen LogP contribution is 2.28. The van der Waals surface area contributed by atoms with Gasteiger partial charge in [0, 0.05) is 30.7 Å². The summed E-state index contributed by atoms with van der Waals surface area (Å²) in [7, 11) is 2.19. The number of rotatable bonds is 5. The lowest BCUT2D eigenvalue weighted by molar-refractivity contribution is 0.180. The first-order chi connectivity index (χ1) is 13.0. The minimum Gasteiger partial charge on any atom is -0.305 e. The molecule has 6 heteroatoms. The van der Waals surface area contributed by atoms with Crippen LogP contribution >= 0.6 is 15.9 Å². The van der Waals surface area contributed by atoms with E-state index < -0.39 is 0 Å². The molecule has 0 radical (unpaired) electrons. The van der Waals surface area contributed by atoms with Crippen LogP contribution in [0, 0.1) is 6.92 Å². The second kappa shape index (κ2) is 8.84. The third kappa shape index (κ3) is 4.28. The maximum atomic E-state index is 13.3. The predicted octanol–water partition coefficient (Wildman–Crippen LogP) is 3.97. The van der Waals surface area contributed by atoms with E-state index in [1.807, 2.05) is 30.5 Å². The van der Waals surface area contributed by atoms with Crippen LogP contribution in [-0.4, -0.2) is 52.6 Å². The van der Waals surface area contributed by atoms with Crippen molar-refractivity contribution in [2.75, 3.05) is 33.2 Å². The van der Waals surface area contributed by atoms with Gasteiger partial charge in [0.25, 0.3) is 5.56 Å². The summed E-state index contributed by atoms with van der Waals surface area (Å²) in [6, 6.07) is 4.15. The zero-order valence-corrected chi connectivity index (χ0v) is 18.5. The van der Waals surface area contributed by atoms with Crippen LogP contribution in [-0.2, 0) is 6.54 Å². The smallest absolute Gasteiger partial charge is 0.261 e. The van der Waals surface area contributed by atoms with Gasteiger partial charge in [0.1, 0.15) is 5.82 Å². The van der Waals surface area contributed by atoms with Gasteiger partial charge in [-0.3, -0.25) is 14.3 Å². The fourth-order valence-corrected chi connectivity index (χ4v) is 4.73. The molecule has 1 atom stereocenters. The quantitative estimate of drug-likeness (QED) is 0.713. The summed E-state index contributed by atoms with van der Waals surface area (Å²) in [6.45, 7) is 11.2. The van der Waals surface area contributed by atoms with Crippen LogP contribution in [0.5, 0.6) is 0 Å². The van der Waals surface area contributed by atoms with E-state index in [-0.39, 0.29) is 11.6 Å². The molecule has 0 aliphatic carbocycles. The second-order valence-corrected chi connectivity index (χ2v) is 8.55. The van der Waals surface area contributed by atoms with Gasteiger partial charge in [-0.05, 0) is 58.0 Å². The second-order valence-electron chi connectivity index (χ2n) is 7.64. The Morgan fingerprint density at radius 3 is 2.67 bits per heavy atom. The van der Waals surface area contributed by atoms with E-state index in [9.17, 15) is 4.79 Å². The molecule has 5 nitrogen and oxygen atoms in total. The van der Waals surface area contributed by atoms with Gasteiger partial charge in [0.2, 0.25) is 0 Å². The molecule has 0 saturated carbocycles. The van der Waals surface area contributed by atoms with E-state index in [2.05, 4.69) is 39.7 Å². The molecule has 2 heterocycles. The number of nitrogens with zero attached hydrogens (tertiary/aromatic N) is 4. The SMILES string of the molecule is CCCC(c1nc2c(C)cc(Br)cc2c(=O)n1CC)N1CCCN(C)CC1. The highest BCUT2D eigenvalue weighted by Gasteiger charge is 2.27. The number of hydrogen-bond acceptors (Lipinski definition) is 4. The van der Waals surface area contributed by atoms with Crippen molar-refractivity contribution in [1.29, 1.82) is 0 Å². The van der Waals surface area contributed by atoms with Gasteiger partial charge >= 0.3 is 0 Å². The van der Waals surface area contributed by atoms with Gasteiger partial charge < -0.3 is 4.90 Å². The standard InChI is InChI=1S/C21H31BrN4O/c1-5-8-18(25-10-7-9-24(4)11-12-25)20-23-19-15(3)13-16(22)14-17(19)21(27)26(20)6-2/h13-14,18H,5-12H2,1-4H3. The van der Waals surface area contributed by atoms with Crippen LogP contribution in [0.1, 0.15) is 50.5 Å². The Bertz CT molecular complexity index is 863. The lowest BCUT2D eigenvalue weighted by Gasteiger charge is -2.31. The summed E-state index contributed by atoms with van der Waals surface area (Å²) in [5.41, 5.74) is 1.97. The molecule has 0 amide bonds. The summed E-state index contributed by atoms with van der Waals surface area (Å²) in [5, 5.41) is 0.707. The van der Waals surface area contributed by atoms with Crippen LogP contribution in [0.15, 0.2) is 21.4 Å². The van der Waals surface area contributed by atoms with Crippen molar-refractivity contribution < 1.29 is 0 Å². The molecule has 148 valence electrons. The molecule has 0 spiro atoms. The number of halogens is 1. The third-order valence-electron chi connectivity index (χ3n) is 5.61. The summed E-state index contributed by atoms with van der Waals surface area (Å²) < 4.78 is 2.82. The maximum Gasteiger partial charge on any atom is 0.261 e. The number of aromatic nitrogens is 2. The molecule has 1 aromatic heterocycles. The number of aryl methyl sites for hydroxylation is 1. The summed E-state index contributed by atoms with van der Waals surface area (Å²) >= 11 is 3.52. The maximum absolute atomic E-state index is 13.3. The Kier molecular flexibility index (Phi) is 6.71. The first kappa shape index (κ1) is 20.5. The Morgan fingerprint density at radius 1 is 1.19 bits per heavy atom. The van der Waals surface area contributed by atoms with E-state index >= 15 is 0 Å². The average Bonchev–Trinajstić information content (AvgIpc) is 2.85. The van der Waals surface area contributed by atoms with Gasteiger partial charge in [-0.2, -0.15) is 0 Å². The molecule has 1 aliphatic rings. The lowest BCUT2D eigenvalue weighted by Crippen LogP contribution is -2.37. The monoisotopic (exact) mass is 434 g/mol. The zero-order chi connectivity index (χ0) is 19.6. The lowest BCUT2D eigenvalue weighted by atomic mass is 10.1. The molecule has 3 rings (SSSR count). The number of benzene rings is 1. The highest BCUT2D eigenvalue weighted by molar-refractivity contribution is 9.10. The predicted molar refractivity (Wildman–Crippen MR) is 115 cm³/mol. The van der Waals surface area contributed by atoms with Crippen LogP contribution in [0.3, 0.4) is 0 Å². The molecule has 2 aromatic rings. The fraction of sp³-hybridized carbons (Fsp3) is 0.619. The van der Waals surface area contributed by atoms with Gasteiger partial charge in [-0.1, -0.05) is 29.3 Å². The Hall–Kier alpha value is -1.24. The van der Waals surface area contributed by atoms with E-state index in [0.717, 1.165) is 66.8 Å². The molecule has 0 N–H and O–H groups in total. The minimum absolute atomic E-state index is 0.0787. The van der Waals surface area contributed by atoms with Crippen molar-refractivity contribution in [3.63, 3.8) is 0 Å². The largest absolute Gasteiger partial charge is 0.305 e. The van der Waals surface area contributed by atoms with Crippen molar-refractivity contribution in [2.45, 2.75) is 52.6 Å². The van der Waals surface area contributed by atoms with Crippen LogP contribution in [0.25, 0.3) is 10.9 Å².